The highest BCUT2D eigenvalue weighted by Gasteiger charge is 2.54. The average molecular weight is 1030 g/mol. The van der Waals surface area contributed by atoms with Crippen LogP contribution in [0.5, 0.6) is 0 Å². The zero-order valence-electron chi connectivity index (χ0n) is 46.5. The number of likely N-dealkylation sites (tertiary alicyclic amines) is 1. The topological polar surface area (TPSA) is 211 Å². The summed E-state index contributed by atoms with van der Waals surface area (Å²) in [5, 5.41) is 38.0. The first-order valence-corrected chi connectivity index (χ1v) is 27.2. The van der Waals surface area contributed by atoms with Gasteiger partial charge in [-0.1, -0.05) is 27.2 Å². The van der Waals surface area contributed by atoms with Crippen LogP contribution < -0.4 is 5.32 Å². The Morgan fingerprint density at radius 2 is 1.39 bits per heavy atom. The quantitative estimate of drug-likeness (QED) is 0.164. The van der Waals surface area contributed by atoms with E-state index in [4.69, 9.17) is 37.9 Å². The van der Waals surface area contributed by atoms with E-state index in [-0.39, 0.29) is 43.8 Å². The van der Waals surface area contributed by atoms with Crippen molar-refractivity contribution in [3.05, 3.63) is 0 Å². The largest absolute Gasteiger partial charge is 0.459 e. The maximum absolute atomic E-state index is 14.6. The monoisotopic (exact) mass is 1030 g/mol. The van der Waals surface area contributed by atoms with E-state index in [1.165, 1.54) is 52.8 Å². The van der Waals surface area contributed by atoms with Crippen LogP contribution in [0.1, 0.15) is 127 Å². The second kappa shape index (κ2) is 26.8. The number of aliphatic hydroxyl groups excluding tert-OH is 2. The Balaban J connectivity index is 1.37. The van der Waals surface area contributed by atoms with E-state index in [1.807, 2.05) is 46.7 Å². The lowest BCUT2D eigenvalue weighted by atomic mass is 9.77. The minimum Gasteiger partial charge on any atom is -0.459 e. The molecule has 0 aromatic rings. The molecule has 0 aromatic carbocycles. The first kappa shape index (κ1) is 60.8. The van der Waals surface area contributed by atoms with Gasteiger partial charge in [-0.25, -0.2) is 0 Å². The third-order valence-corrected chi connectivity index (χ3v) is 16.9. The molecule has 0 aromatic heterocycles. The number of nitrogens with one attached hydrogen (secondary N) is 1. The molecule has 5 rings (SSSR count). The maximum atomic E-state index is 14.6. The van der Waals surface area contributed by atoms with Gasteiger partial charge in [0.2, 0.25) is 5.91 Å². The molecule has 0 unspecified atom stereocenters. The molecular weight excluding hydrogens is 931 g/mol. The molecule has 18 atom stereocenters. The Morgan fingerprint density at radius 3 is 1.97 bits per heavy atom. The smallest absolute Gasteiger partial charge is 0.311 e. The summed E-state index contributed by atoms with van der Waals surface area (Å²) in [6.07, 6.45) is -3.59. The lowest BCUT2D eigenvalue weighted by Gasteiger charge is -2.49. The second-order valence-corrected chi connectivity index (χ2v) is 22.9. The van der Waals surface area contributed by atoms with Crippen LogP contribution >= 0.6 is 0 Å². The number of ether oxygens (including phenoxy) is 8. The third-order valence-electron chi connectivity index (χ3n) is 16.9. The van der Waals surface area contributed by atoms with Gasteiger partial charge in [0.1, 0.15) is 29.5 Å². The predicted octanol–water partition coefficient (Wildman–Crippen LogP) is 3.17. The SMILES string of the molecule is CC[C@H]1OC(=O)[C@H](C)[C@@H](O[C@H]2C[C@@](C)(OC)[C@@H](OC(=O)CCN3CCN(CCCN4CCCCC4)CC3)[C@H](C)O2)[C@H](C)[C@@H](O[C@@H]2O[C@H](C)C[C@H](N(C)C)[C@H]2O)[C@](C)(OC)C[C@@H](C)C(=O)N[C@H](C)[C@@H](O)[C@]1(C)O. The van der Waals surface area contributed by atoms with Crippen LogP contribution in [0.25, 0.3) is 0 Å². The average Bonchev–Trinajstić information content (AvgIpc) is 3.34. The van der Waals surface area contributed by atoms with Gasteiger partial charge in [0.15, 0.2) is 18.7 Å². The summed E-state index contributed by atoms with van der Waals surface area (Å²) in [7, 11) is 6.85. The number of esters is 2. The normalized spacial score (nSPS) is 42.1. The summed E-state index contributed by atoms with van der Waals surface area (Å²) in [5.41, 5.74) is -4.35. The number of piperidine rings is 1. The van der Waals surface area contributed by atoms with Crippen molar-refractivity contribution in [3.63, 3.8) is 0 Å². The van der Waals surface area contributed by atoms with Crippen molar-refractivity contribution >= 4 is 17.8 Å². The Bertz CT molecular complexity index is 1700. The van der Waals surface area contributed by atoms with Crippen molar-refractivity contribution in [1.29, 1.82) is 0 Å². The number of cyclic esters (lactones) is 1. The van der Waals surface area contributed by atoms with E-state index < -0.39 is 108 Å². The van der Waals surface area contributed by atoms with E-state index in [0.29, 0.717) is 13.0 Å². The van der Waals surface area contributed by atoms with Crippen molar-refractivity contribution in [2.24, 2.45) is 17.8 Å². The molecule has 0 bridgehead atoms. The lowest BCUT2D eigenvalue weighted by molar-refractivity contribution is -0.320. The number of piperazine rings is 1. The number of aliphatic hydroxyl groups is 3. The third kappa shape index (κ3) is 15.3. The summed E-state index contributed by atoms with van der Waals surface area (Å²) in [6, 6.07) is -1.25. The molecule has 0 aliphatic carbocycles. The molecule has 0 saturated carbocycles. The highest BCUT2D eigenvalue weighted by molar-refractivity contribution is 5.78. The number of hydrogen-bond acceptors (Lipinski definition) is 18. The summed E-state index contributed by atoms with van der Waals surface area (Å²) in [6.45, 7) is 26.4. The van der Waals surface area contributed by atoms with Gasteiger partial charge in [0.25, 0.3) is 0 Å². The number of rotatable bonds is 16. The second-order valence-electron chi connectivity index (χ2n) is 22.9. The van der Waals surface area contributed by atoms with E-state index >= 15 is 0 Å². The highest BCUT2D eigenvalue weighted by atomic mass is 16.7. The summed E-state index contributed by atoms with van der Waals surface area (Å²) in [5.74, 6) is -4.05. The fraction of sp³-hybridized carbons (Fsp3) is 0.943. The van der Waals surface area contributed by atoms with E-state index in [0.717, 1.165) is 39.3 Å². The summed E-state index contributed by atoms with van der Waals surface area (Å²) in [4.78, 5) is 51.6. The Hall–Kier alpha value is -2.11. The molecule has 19 nitrogen and oxygen atoms in total. The number of amides is 1. The van der Waals surface area contributed by atoms with Gasteiger partial charge in [-0.2, -0.15) is 0 Å². The predicted molar refractivity (Wildman–Crippen MR) is 271 cm³/mol. The molecule has 5 heterocycles. The Labute approximate surface area is 431 Å². The molecular formula is C53H97N5O14. The number of carbonyl (C=O) groups is 3. The van der Waals surface area contributed by atoms with Crippen LogP contribution in [0.2, 0.25) is 0 Å². The first-order valence-electron chi connectivity index (χ1n) is 27.2. The van der Waals surface area contributed by atoms with Crippen LogP contribution in [0.15, 0.2) is 0 Å². The van der Waals surface area contributed by atoms with Gasteiger partial charge in [-0.05, 0) is 127 Å². The van der Waals surface area contributed by atoms with Gasteiger partial charge in [0.05, 0.1) is 48.4 Å². The molecule has 5 aliphatic heterocycles. The molecule has 72 heavy (non-hydrogen) atoms. The van der Waals surface area contributed by atoms with Crippen molar-refractivity contribution in [1.82, 2.24) is 24.9 Å². The Morgan fingerprint density at radius 1 is 0.806 bits per heavy atom. The fourth-order valence-electron chi connectivity index (χ4n) is 12.0. The lowest BCUT2D eigenvalue weighted by Crippen LogP contribution is -2.61. The molecule has 5 aliphatic rings. The summed E-state index contributed by atoms with van der Waals surface area (Å²) >= 11 is 0. The minimum absolute atomic E-state index is 0.0864. The molecule has 5 saturated heterocycles. The standard InChI is InChI=1S/C53H97N5O14/c1-15-40-53(10,64)45(61)37(6)54-48(62)33(2)31-51(8,65-13)46(72-50-43(60)39(55(11)12)30-34(3)67-50)35(4)44(36(5)49(63)69-40)71-42-32-52(9,66-14)47(38(7)68-42)70-41(59)20-25-58-28-26-57(27-29-58)24-19-23-56-21-17-16-18-22-56/h33-40,42-47,50,60-61,64H,15-32H2,1-14H3,(H,54,62)/t33-,34-,35+,36-,37-,38+,39+,40-,42+,43-,44+,45-,46-,47+,50+,51-,52-,53-/m1/s1. The van der Waals surface area contributed by atoms with Crippen molar-refractivity contribution in [2.75, 3.05) is 87.2 Å². The number of nitrogens with zero attached hydrogens (tertiary/aromatic N) is 4. The number of likely N-dealkylation sites (N-methyl/N-ethyl adjacent to an activating group) is 1. The first-order chi connectivity index (χ1) is 33.9. The van der Waals surface area contributed by atoms with Gasteiger partial charge >= 0.3 is 11.9 Å². The molecule has 0 radical (unpaired) electrons. The fourth-order valence-corrected chi connectivity index (χ4v) is 12.0. The highest BCUT2D eigenvalue weighted by Crippen LogP contribution is 2.42. The van der Waals surface area contributed by atoms with Crippen LogP contribution in [0, 0.1) is 17.8 Å². The van der Waals surface area contributed by atoms with Gasteiger partial charge < -0.3 is 78.1 Å². The van der Waals surface area contributed by atoms with Gasteiger partial charge in [-0.15, -0.1) is 0 Å². The number of hydrogen-bond donors (Lipinski definition) is 4. The number of methoxy groups -OCH3 is 2. The van der Waals surface area contributed by atoms with E-state index in [2.05, 4.69) is 20.0 Å². The number of carbonyl (C=O) groups excluding carboxylic acids is 3. The van der Waals surface area contributed by atoms with Crippen LogP contribution in [0.4, 0.5) is 0 Å². The molecule has 19 heteroatoms. The van der Waals surface area contributed by atoms with Gasteiger partial charge in [-0.3, -0.25) is 14.4 Å². The van der Waals surface area contributed by atoms with Gasteiger partial charge in [0, 0.05) is 71.2 Å². The Kier molecular flexibility index (Phi) is 22.6. The van der Waals surface area contributed by atoms with Crippen LogP contribution in [0.3, 0.4) is 0 Å². The van der Waals surface area contributed by atoms with Crippen LogP contribution in [-0.4, -0.2) is 230 Å². The molecule has 418 valence electrons. The molecule has 1 amide bonds. The minimum atomic E-state index is -1.97. The molecule has 0 spiro atoms. The van der Waals surface area contributed by atoms with E-state index in [9.17, 15) is 29.7 Å². The van der Waals surface area contributed by atoms with Crippen LogP contribution in [-0.2, 0) is 52.3 Å². The maximum Gasteiger partial charge on any atom is 0.311 e. The molecule has 5 fully saturated rings. The summed E-state index contributed by atoms with van der Waals surface area (Å²) < 4.78 is 51.7. The van der Waals surface area contributed by atoms with Crippen molar-refractivity contribution in [2.45, 2.75) is 217 Å². The van der Waals surface area contributed by atoms with E-state index in [1.54, 1.807) is 41.7 Å². The van der Waals surface area contributed by atoms with Crippen molar-refractivity contribution in [3.8, 4) is 0 Å². The van der Waals surface area contributed by atoms with Crippen molar-refractivity contribution < 1.29 is 67.6 Å². The zero-order valence-corrected chi connectivity index (χ0v) is 46.5. The molecule has 4 N–H and O–H groups in total. The zero-order chi connectivity index (χ0) is 53.3.